The van der Waals surface area contributed by atoms with Crippen molar-refractivity contribution in [1.29, 1.82) is 0 Å². The minimum Gasteiger partial charge on any atom is -0.251 e. The molecule has 4 aromatic rings. The van der Waals surface area contributed by atoms with Gasteiger partial charge in [0.15, 0.2) is 26.5 Å². The molecule has 0 amide bonds. The van der Waals surface area contributed by atoms with Crippen molar-refractivity contribution in [3.8, 4) is 0 Å². The molecular formula is C21H20Br2F2N4O2S2. The van der Waals surface area contributed by atoms with Crippen molar-refractivity contribution in [2.45, 2.75) is 31.3 Å². The van der Waals surface area contributed by atoms with E-state index in [1.54, 1.807) is 6.92 Å². The minimum atomic E-state index is -3.43. The molecule has 4 heterocycles. The molecule has 0 atom stereocenters. The van der Waals surface area contributed by atoms with Crippen LogP contribution in [0.5, 0.6) is 0 Å². The lowest BCUT2D eigenvalue weighted by atomic mass is 10.2. The highest BCUT2D eigenvalue weighted by Gasteiger charge is 2.16. The van der Waals surface area contributed by atoms with Crippen LogP contribution in [-0.2, 0) is 9.84 Å². The first-order valence-electron chi connectivity index (χ1n) is 8.90. The van der Waals surface area contributed by atoms with Crippen LogP contribution < -0.4 is 0 Å². The van der Waals surface area contributed by atoms with Crippen LogP contribution in [0.3, 0.4) is 0 Å². The van der Waals surface area contributed by atoms with E-state index in [2.05, 4.69) is 51.8 Å². The van der Waals surface area contributed by atoms with Crippen LogP contribution in [0.25, 0.3) is 22.1 Å². The number of pyridine rings is 4. The number of hydrogen-bond donors (Lipinski definition) is 0. The third-order valence-corrected chi connectivity index (χ3v) is 7.46. The molecule has 0 aliphatic carbocycles. The third kappa shape index (κ3) is 5.84. The first-order chi connectivity index (χ1) is 14.9. The Morgan fingerprint density at radius 3 is 1.76 bits per heavy atom. The van der Waals surface area contributed by atoms with Gasteiger partial charge < -0.3 is 0 Å². The summed E-state index contributed by atoms with van der Waals surface area (Å²) in [5.74, 6) is -0.956. The second-order valence-corrected chi connectivity index (χ2v) is 11.1. The zero-order chi connectivity index (χ0) is 23.8. The smallest absolute Gasteiger partial charge is 0.192 e. The standard InChI is InChI=1S/C10H8BrFN2O2S.C10H8BrFN2S.CH4/c1-5-3-7(17(2,15)16)14-10-8(11)6(12)4-13-9(5)10;1-5-3-7(15-2)14-10-8(11)6(12)4-13-9(5)10;/h3-4H,1-2H3;3-4H,1-2H3;1H4. The number of nitrogens with zero attached hydrogens (tertiary/aromatic N) is 4. The molecule has 4 rings (SSSR count). The molecule has 0 fully saturated rings. The summed E-state index contributed by atoms with van der Waals surface area (Å²) in [6.07, 6.45) is 5.27. The second-order valence-electron chi connectivity index (χ2n) is 6.77. The van der Waals surface area contributed by atoms with Crippen molar-refractivity contribution < 1.29 is 17.2 Å². The number of aromatic nitrogens is 4. The van der Waals surface area contributed by atoms with E-state index in [0.29, 0.717) is 21.1 Å². The maximum atomic E-state index is 13.3. The summed E-state index contributed by atoms with van der Waals surface area (Å²) in [6, 6.07) is 3.37. The number of hydrogen-bond acceptors (Lipinski definition) is 7. The van der Waals surface area contributed by atoms with Crippen molar-refractivity contribution in [3.05, 3.63) is 56.2 Å². The predicted octanol–water partition coefficient (Wildman–Crippen LogP) is 6.44. The Morgan fingerprint density at radius 2 is 1.30 bits per heavy atom. The van der Waals surface area contributed by atoms with Gasteiger partial charge in [-0.25, -0.2) is 27.2 Å². The van der Waals surface area contributed by atoms with Crippen molar-refractivity contribution in [2.24, 2.45) is 0 Å². The molecule has 33 heavy (non-hydrogen) atoms. The van der Waals surface area contributed by atoms with Gasteiger partial charge in [0.25, 0.3) is 0 Å². The number of aryl methyl sites for hydroxylation is 2. The van der Waals surface area contributed by atoms with Gasteiger partial charge in [-0.15, -0.1) is 11.8 Å². The molecule has 6 nitrogen and oxygen atoms in total. The zero-order valence-corrected chi connectivity index (χ0v) is 22.0. The van der Waals surface area contributed by atoms with Gasteiger partial charge >= 0.3 is 0 Å². The maximum absolute atomic E-state index is 13.3. The highest BCUT2D eigenvalue weighted by Crippen LogP contribution is 2.28. The van der Waals surface area contributed by atoms with Crippen LogP contribution in [0.15, 0.2) is 43.5 Å². The average molecular weight is 622 g/mol. The van der Waals surface area contributed by atoms with Crippen LogP contribution in [0, 0.1) is 25.5 Å². The summed E-state index contributed by atoms with van der Waals surface area (Å²) >= 11 is 7.77. The van der Waals surface area contributed by atoms with Gasteiger partial charge in [0.1, 0.15) is 11.0 Å². The largest absolute Gasteiger partial charge is 0.251 e. The normalized spacial score (nSPS) is 11.2. The fourth-order valence-corrected chi connectivity index (χ4v) is 4.66. The first kappa shape index (κ1) is 27.5. The van der Waals surface area contributed by atoms with Crippen molar-refractivity contribution in [3.63, 3.8) is 0 Å². The molecule has 12 heteroatoms. The van der Waals surface area contributed by atoms with Gasteiger partial charge in [-0.1, -0.05) is 7.43 Å². The highest BCUT2D eigenvalue weighted by molar-refractivity contribution is 9.11. The quantitative estimate of drug-likeness (QED) is 0.238. The maximum Gasteiger partial charge on any atom is 0.192 e. The average Bonchev–Trinajstić information content (AvgIpc) is 2.73. The van der Waals surface area contributed by atoms with Gasteiger partial charge in [0, 0.05) is 6.26 Å². The summed E-state index contributed by atoms with van der Waals surface area (Å²) in [6.45, 7) is 3.65. The van der Waals surface area contributed by atoms with E-state index in [-0.39, 0.29) is 28.3 Å². The summed E-state index contributed by atoms with van der Waals surface area (Å²) in [5, 5.41) is 0.781. The zero-order valence-electron chi connectivity index (χ0n) is 17.2. The number of halogens is 4. The van der Waals surface area contributed by atoms with E-state index in [1.165, 1.54) is 24.0 Å². The summed E-state index contributed by atoms with van der Waals surface area (Å²) in [7, 11) is -3.43. The lowest BCUT2D eigenvalue weighted by Gasteiger charge is -2.06. The molecule has 0 aliphatic rings. The Hall–Kier alpha value is -1.76. The topological polar surface area (TPSA) is 85.7 Å². The van der Waals surface area contributed by atoms with Crippen molar-refractivity contribution in [2.75, 3.05) is 12.5 Å². The van der Waals surface area contributed by atoms with E-state index >= 15 is 0 Å². The van der Waals surface area contributed by atoms with E-state index in [9.17, 15) is 17.2 Å². The Kier molecular flexibility index (Phi) is 8.88. The van der Waals surface area contributed by atoms with E-state index in [0.717, 1.165) is 28.6 Å². The van der Waals surface area contributed by atoms with Crippen LogP contribution in [0.1, 0.15) is 18.6 Å². The molecule has 0 aliphatic heterocycles. The number of fused-ring (bicyclic) bond motifs is 2. The molecule has 0 saturated heterocycles. The Bertz CT molecular complexity index is 1470. The Morgan fingerprint density at radius 1 is 0.848 bits per heavy atom. The van der Waals surface area contributed by atoms with Crippen LogP contribution >= 0.6 is 43.6 Å². The Labute approximate surface area is 211 Å². The van der Waals surface area contributed by atoms with Crippen LogP contribution in [-0.4, -0.2) is 40.9 Å². The second kappa shape index (κ2) is 10.7. The SMILES string of the molecule is C.CSc1cc(C)c2ncc(F)c(Br)c2n1.Cc1cc(S(C)(=O)=O)nc2c(Br)c(F)cnc12. The van der Waals surface area contributed by atoms with Gasteiger partial charge in [-0.3, -0.25) is 9.97 Å². The van der Waals surface area contributed by atoms with Crippen LogP contribution in [0.4, 0.5) is 8.78 Å². The fourth-order valence-electron chi connectivity index (χ4n) is 2.78. The van der Waals surface area contributed by atoms with E-state index in [4.69, 9.17) is 0 Å². The number of sulfone groups is 1. The predicted molar refractivity (Wildman–Crippen MR) is 135 cm³/mol. The van der Waals surface area contributed by atoms with Gasteiger partial charge in [-0.2, -0.15) is 0 Å². The molecule has 0 spiro atoms. The molecule has 0 N–H and O–H groups in total. The lowest BCUT2D eigenvalue weighted by Crippen LogP contribution is -2.03. The molecule has 0 radical (unpaired) electrons. The minimum absolute atomic E-state index is 0. The molecular weight excluding hydrogens is 602 g/mol. The fraction of sp³-hybridized carbons (Fsp3) is 0.238. The number of rotatable bonds is 2. The third-order valence-electron chi connectivity index (χ3n) is 4.36. The summed E-state index contributed by atoms with van der Waals surface area (Å²) in [4.78, 5) is 16.2. The number of thioether (sulfide) groups is 1. The highest BCUT2D eigenvalue weighted by atomic mass is 79.9. The monoisotopic (exact) mass is 620 g/mol. The van der Waals surface area contributed by atoms with Crippen molar-refractivity contribution >= 4 is 75.5 Å². The van der Waals surface area contributed by atoms with Crippen molar-refractivity contribution in [1.82, 2.24) is 19.9 Å². The molecule has 176 valence electrons. The lowest BCUT2D eigenvalue weighted by molar-refractivity contribution is 0.598. The molecule has 0 saturated carbocycles. The molecule has 4 aromatic heterocycles. The molecule has 0 bridgehead atoms. The summed E-state index contributed by atoms with van der Waals surface area (Å²) < 4.78 is 49.9. The van der Waals surface area contributed by atoms with Gasteiger partial charge in [0.05, 0.1) is 37.4 Å². The van der Waals surface area contributed by atoms with E-state index in [1.807, 2.05) is 19.2 Å². The van der Waals surface area contributed by atoms with Crippen LogP contribution in [0.2, 0.25) is 0 Å². The summed E-state index contributed by atoms with van der Waals surface area (Å²) in [5.41, 5.74) is 3.65. The molecule has 0 unspecified atom stereocenters. The van der Waals surface area contributed by atoms with E-state index < -0.39 is 15.7 Å². The van der Waals surface area contributed by atoms with Gasteiger partial charge in [0.2, 0.25) is 0 Å². The molecule has 0 aromatic carbocycles. The first-order valence-corrected chi connectivity index (χ1v) is 13.6. The Balaban J connectivity index is 0.000000228. The van der Waals surface area contributed by atoms with Gasteiger partial charge in [-0.05, 0) is 75.2 Å².